The fourth-order valence-electron chi connectivity index (χ4n) is 10.2. The van der Waals surface area contributed by atoms with Crippen LogP contribution in [0.2, 0.25) is 0 Å². The highest BCUT2D eigenvalue weighted by molar-refractivity contribution is 7.47. The van der Waals surface area contributed by atoms with Crippen molar-refractivity contribution in [3.63, 3.8) is 0 Å². The number of aliphatic hydroxyl groups excluding tert-OH is 1. The van der Waals surface area contributed by atoms with E-state index in [1.54, 1.807) is 0 Å². The van der Waals surface area contributed by atoms with Gasteiger partial charge in [0.25, 0.3) is 0 Å². The third-order valence-electron chi connectivity index (χ3n) is 15.7. The predicted molar refractivity (Wildman–Crippen MR) is 349 cm³/mol. The van der Waals surface area contributed by atoms with Crippen LogP contribution in [-0.4, -0.2) is 96.7 Å². The summed E-state index contributed by atoms with van der Waals surface area (Å²) in [5, 5.41) is 10.5. The maximum Gasteiger partial charge on any atom is 0.472 e. The summed E-state index contributed by atoms with van der Waals surface area (Å²) < 4.78 is 67.7. The van der Waals surface area contributed by atoms with Crippen molar-refractivity contribution in [1.29, 1.82) is 0 Å². The molecule has 0 heterocycles. The molecule has 0 fully saturated rings. The van der Waals surface area contributed by atoms with E-state index in [0.717, 1.165) is 108 Å². The van der Waals surface area contributed by atoms with Gasteiger partial charge < -0.3 is 33.8 Å². The van der Waals surface area contributed by atoms with E-state index in [0.29, 0.717) is 25.7 Å². The molecule has 0 aliphatic carbocycles. The van der Waals surface area contributed by atoms with Crippen LogP contribution in [0.15, 0.2) is 0 Å². The Morgan fingerprint density at radius 2 is 0.529 bits per heavy atom. The van der Waals surface area contributed by atoms with E-state index < -0.39 is 97.5 Å². The summed E-state index contributed by atoms with van der Waals surface area (Å²) in [4.78, 5) is 71.8. The first-order valence-corrected chi connectivity index (χ1v) is 38.5. The molecule has 0 rings (SSSR count). The standard InChI is InChI=1S/C68H132O17P2/c1-7-9-11-36-44-50-65(70)78-56-63(84-67(72)52-46-37-12-10-8-2)58-82-86(74,75)80-54-62(69)55-81-87(76,77)83-59-64(57-79-66(71)51-45-40-34-30-26-23-19-21-25-29-33-39-43-49-61(5)6)85-68(73)53-47-41-35-31-27-22-18-16-14-13-15-17-20-24-28-32-38-42-48-60(3)4/h60-64,69H,7-59H2,1-6H3,(H,74,75)(H,76,77)/t62-,63+,64+/m0/s1. The SMILES string of the molecule is CCCCCCCC(=O)OC[C@H](COP(=O)(O)OC[C@H](O)COP(=O)(O)OC[C@@H](COC(=O)CCCCCCCCCCCCCCCC(C)C)OC(=O)CCCCCCCCCCCCCCCCCCCCC(C)C)OC(=O)CCCCCCC. The van der Waals surface area contributed by atoms with Crippen molar-refractivity contribution in [3.05, 3.63) is 0 Å². The van der Waals surface area contributed by atoms with Gasteiger partial charge in [0.1, 0.15) is 19.3 Å². The van der Waals surface area contributed by atoms with Gasteiger partial charge in [-0.25, -0.2) is 9.13 Å². The molecule has 3 N–H and O–H groups in total. The van der Waals surface area contributed by atoms with Crippen LogP contribution in [0.5, 0.6) is 0 Å². The molecule has 0 amide bonds. The van der Waals surface area contributed by atoms with E-state index in [4.69, 9.17) is 37.0 Å². The van der Waals surface area contributed by atoms with Crippen LogP contribution in [0.25, 0.3) is 0 Å². The fourth-order valence-corrected chi connectivity index (χ4v) is 11.8. The molecular formula is C68H132O17P2. The molecule has 0 aromatic rings. The Bertz CT molecular complexity index is 1700. The molecule has 516 valence electrons. The van der Waals surface area contributed by atoms with Gasteiger partial charge in [-0.05, 0) is 37.5 Å². The van der Waals surface area contributed by atoms with E-state index in [1.807, 2.05) is 0 Å². The first-order valence-electron chi connectivity index (χ1n) is 35.5. The average molecular weight is 1280 g/mol. The highest BCUT2D eigenvalue weighted by atomic mass is 31.2. The lowest BCUT2D eigenvalue weighted by Crippen LogP contribution is -2.30. The number of ether oxygens (including phenoxy) is 4. The van der Waals surface area contributed by atoms with Crippen molar-refractivity contribution in [1.82, 2.24) is 0 Å². The summed E-state index contributed by atoms with van der Waals surface area (Å²) in [6.07, 6.45) is 45.4. The minimum Gasteiger partial charge on any atom is -0.462 e. The molecule has 0 aromatic heterocycles. The number of phosphoric acid groups is 2. The molecule has 87 heavy (non-hydrogen) atoms. The van der Waals surface area contributed by atoms with Crippen LogP contribution in [0, 0.1) is 11.8 Å². The number of aliphatic hydroxyl groups is 1. The second-order valence-electron chi connectivity index (χ2n) is 25.5. The Labute approximate surface area is 530 Å². The van der Waals surface area contributed by atoms with Gasteiger partial charge in [-0.2, -0.15) is 0 Å². The average Bonchev–Trinajstić information content (AvgIpc) is 3.68. The third kappa shape index (κ3) is 62.6. The monoisotopic (exact) mass is 1280 g/mol. The number of rotatable bonds is 67. The molecule has 2 unspecified atom stereocenters. The quantitative estimate of drug-likeness (QED) is 0.0222. The second-order valence-corrected chi connectivity index (χ2v) is 28.4. The summed E-state index contributed by atoms with van der Waals surface area (Å²) in [6.45, 7) is 9.40. The number of unbranched alkanes of at least 4 members (excludes halogenated alkanes) is 37. The number of hydrogen-bond acceptors (Lipinski definition) is 15. The minimum absolute atomic E-state index is 0.0988. The molecular weight excluding hydrogens is 1150 g/mol. The van der Waals surface area contributed by atoms with E-state index in [-0.39, 0.29) is 25.7 Å². The Kier molecular flexibility index (Phi) is 59.0. The van der Waals surface area contributed by atoms with Gasteiger partial charge >= 0.3 is 39.5 Å². The van der Waals surface area contributed by atoms with Crippen LogP contribution in [-0.2, 0) is 65.4 Å². The zero-order valence-electron chi connectivity index (χ0n) is 56.3. The number of carbonyl (C=O) groups is 4. The van der Waals surface area contributed by atoms with Crippen molar-refractivity contribution in [2.45, 2.75) is 362 Å². The maximum atomic E-state index is 13.0. The highest BCUT2D eigenvalue weighted by Crippen LogP contribution is 2.45. The van der Waals surface area contributed by atoms with Crippen LogP contribution in [0.1, 0.15) is 343 Å². The lowest BCUT2D eigenvalue weighted by atomic mass is 10.0. The molecule has 0 saturated heterocycles. The van der Waals surface area contributed by atoms with Crippen molar-refractivity contribution in [3.8, 4) is 0 Å². The molecule has 0 radical (unpaired) electrons. The van der Waals surface area contributed by atoms with Crippen LogP contribution < -0.4 is 0 Å². The minimum atomic E-state index is -4.95. The summed E-state index contributed by atoms with van der Waals surface area (Å²) in [5.41, 5.74) is 0. The van der Waals surface area contributed by atoms with E-state index >= 15 is 0 Å². The maximum absolute atomic E-state index is 13.0. The highest BCUT2D eigenvalue weighted by Gasteiger charge is 2.30. The van der Waals surface area contributed by atoms with Crippen LogP contribution in [0.3, 0.4) is 0 Å². The first kappa shape index (κ1) is 85.1. The van der Waals surface area contributed by atoms with Gasteiger partial charge in [-0.3, -0.25) is 37.3 Å². The molecule has 0 aliphatic heterocycles. The number of hydrogen-bond donors (Lipinski definition) is 3. The van der Waals surface area contributed by atoms with Gasteiger partial charge in [-0.1, -0.05) is 292 Å². The van der Waals surface area contributed by atoms with Crippen molar-refractivity contribution >= 4 is 39.5 Å². The largest absolute Gasteiger partial charge is 0.472 e. The zero-order chi connectivity index (χ0) is 64.3. The summed E-state index contributed by atoms with van der Waals surface area (Å²) in [6, 6.07) is 0. The van der Waals surface area contributed by atoms with E-state index in [2.05, 4.69) is 41.5 Å². The molecule has 17 nitrogen and oxygen atoms in total. The zero-order valence-corrected chi connectivity index (χ0v) is 58.1. The third-order valence-corrected chi connectivity index (χ3v) is 17.6. The summed E-state index contributed by atoms with van der Waals surface area (Å²) >= 11 is 0. The smallest absolute Gasteiger partial charge is 0.462 e. The number of esters is 4. The van der Waals surface area contributed by atoms with E-state index in [1.165, 1.54) is 154 Å². The first-order chi connectivity index (χ1) is 41.9. The van der Waals surface area contributed by atoms with Gasteiger partial charge in [0.05, 0.1) is 26.4 Å². The van der Waals surface area contributed by atoms with Crippen molar-refractivity contribution in [2.24, 2.45) is 11.8 Å². The lowest BCUT2D eigenvalue weighted by molar-refractivity contribution is -0.161. The second kappa shape index (κ2) is 60.3. The molecule has 0 bridgehead atoms. The van der Waals surface area contributed by atoms with E-state index in [9.17, 15) is 43.2 Å². The molecule has 0 saturated carbocycles. The molecule has 0 spiro atoms. The van der Waals surface area contributed by atoms with Gasteiger partial charge in [0, 0.05) is 25.7 Å². The lowest BCUT2D eigenvalue weighted by Gasteiger charge is -2.21. The molecule has 5 atom stereocenters. The Balaban J connectivity index is 5.05. The molecule has 0 aliphatic rings. The van der Waals surface area contributed by atoms with Crippen molar-refractivity contribution in [2.75, 3.05) is 39.6 Å². The molecule has 0 aromatic carbocycles. The number of carbonyl (C=O) groups excluding carboxylic acids is 4. The topological polar surface area (TPSA) is 237 Å². The normalized spacial score (nSPS) is 14.2. The van der Waals surface area contributed by atoms with Gasteiger partial charge in [-0.15, -0.1) is 0 Å². The summed E-state index contributed by atoms with van der Waals surface area (Å²) in [5.74, 6) is -0.539. The summed E-state index contributed by atoms with van der Waals surface area (Å²) in [7, 11) is -9.87. The molecule has 19 heteroatoms. The Morgan fingerprint density at radius 3 is 0.782 bits per heavy atom. The van der Waals surface area contributed by atoms with Crippen LogP contribution in [0.4, 0.5) is 0 Å². The van der Waals surface area contributed by atoms with Gasteiger partial charge in [0.2, 0.25) is 0 Å². The van der Waals surface area contributed by atoms with Crippen LogP contribution >= 0.6 is 15.6 Å². The Hall–Kier alpha value is -1.94. The van der Waals surface area contributed by atoms with Gasteiger partial charge in [0.15, 0.2) is 12.2 Å². The van der Waals surface area contributed by atoms with Crippen molar-refractivity contribution < 1.29 is 80.2 Å². The fraction of sp³-hybridized carbons (Fsp3) is 0.941. The predicted octanol–water partition coefficient (Wildman–Crippen LogP) is 19.2. The number of phosphoric ester groups is 2. The Morgan fingerprint density at radius 1 is 0.310 bits per heavy atom.